The molecule has 0 saturated carbocycles. The molecule has 0 fully saturated rings. The summed E-state index contributed by atoms with van der Waals surface area (Å²) in [5, 5.41) is 1.10. The molecule has 0 radical (unpaired) electrons. The molecule has 3 heteroatoms. The summed E-state index contributed by atoms with van der Waals surface area (Å²) < 4.78 is 6.08. The molecule has 2 nitrogen and oxygen atoms in total. The van der Waals surface area contributed by atoms with Crippen molar-refractivity contribution in [3.05, 3.63) is 84.4 Å². The molecule has 1 aliphatic rings. The minimum absolute atomic E-state index is 0.171. The maximum Gasteiger partial charge on any atom is 0.174 e. The van der Waals surface area contributed by atoms with E-state index in [2.05, 4.69) is 36.4 Å². The van der Waals surface area contributed by atoms with Crippen LogP contribution in [0, 0.1) is 0 Å². The van der Waals surface area contributed by atoms with E-state index in [0.29, 0.717) is 17.5 Å². The van der Waals surface area contributed by atoms with Gasteiger partial charge in [-0.05, 0) is 23.3 Å². The molecule has 1 aliphatic heterocycles. The fourth-order valence-corrected chi connectivity index (χ4v) is 4.40. The fraction of sp³-hybridized carbons (Fsp3) is 0.0500. The second kappa shape index (κ2) is 5.98. The third-order valence-electron chi connectivity index (χ3n) is 3.95. The van der Waals surface area contributed by atoms with Crippen LogP contribution in [0.15, 0.2) is 78.9 Å². The highest BCUT2D eigenvalue weighted by Crippen LogP contribution is 2.44. The van der Waals surface area contributed by atoms with Gasteiger partial charge in [-0.15, -0.1) is 0 Å². The maximum atomic E-state index is 12.3. The molecule has 0 aliphatic carbocycles. The molecule has 4 rings (SSSR count). The molecule has 1 unspecified atom stereocenters. The van der Waals surface area contributed by atoms with Crippen LogP contribution in [-0.4, -0.2) is 11.9 Å². The van der Waals surface area contributed by atoms with Gasteiger partial charge < -0.3 is 4.52 Å². The standard InChI is InChI=1S/C20H15O2P/c21-19-14-23(22-20-9-5-4-8-18(19)20)17-12-10-16(11-13-17)15-6-2-1-3-7-15/h1-13H,14H2. The highest BCUT2D eigenvalue weighted by Gasteiger charge is 2.27. The lowest BCUT2D eigenvalue weighted by Crippen LogP contribution is -2.19. The van der Waals surface area contributed by atoms with Crippen LogP contribution in [0.2, 0.25) is 0 Å². The Balaban J connectivity index is 1.61. The van der Waals surface area contributed by atoms with Crippen LogP contribution in [0.25, 0.3) is 11.1 Å². The van der Waals surface area contributed by atoms with E-state index in [1.165, 1.54) is 11.1 Å². The van der Waals surface area contributed by atoms with Crippen LogP contribution in [0.5, 0.6) is 5.75 Å². The van der Waals surface area contributed by atoms with Gasteiger partial charge in [0.15, 0.2) is 5.78 Å². The van der Waals surface area contributed by atoms with Crippen molar-refractivity contribution in [1.82, 2.24) is 0 Å². The molecule has 0 N–H and O–H groups in total. The predicted molar refractivity (Wildman–Crippen MR) is 94.7 cm³/mol. The number of hydrogen-bond donors (Lipinski definition) is 0. The summed E-state index contributed by atoms with van der Waals surface area (Å²) in [6.07, 6.45) is 0.455. The van der Waals surface area contributed by atoms with Gasteiger partial charge in [-0.2, -0.15) is 0 Å². The third-order valence-corrected chi connectivity index (χ3v) is 5.81. The molecular weight excluding hydrogens is 303 g/mol. The minimum atomic E-state index is -0.924. The highest BCUT2D eigenvalue weighted by atomic mass is 31.1. The number of benzene rings is 3. The molecule has 0 spiro atoms. The van der Waals surface area contributed by atoms with Crippen LogP contribution in [0.4, 0.5) is 0 Å². The quantitative estimate of drug-likeness (QED) is 0.643. The fourth-order valence-electron chi connectivity index (χ4n) is 2.74. The smallest absolute Gasteiger partial charge is 0.174 e. The molecule has 0 saturated heterocycles. The summed E-state index contributed by atoms with van der Waals surface area (Å²) in [4.78, 5) is 12.3. The van der Waals surface area contributed by atoms with Crippen LogP contribution in [0.3, 0.4) is 0 Å². The Morgan fingerprint density at radius 3 is 2.17 bits per heavy atom. The molecule has 3 aromatic rings. The molecule has 112 valence electrons. The van der Waals surface area contributed by atoms with Gasteiger partial charge in [0.25, 0.3) is 0 Å². The molecule has 3 aromatic carbocycles. The second-order valence-corrected chi connectivity index (χ2v) is 7.23. The van der Waals surface area contributed by atoms with E-state index in [-0.39, 0.29) is 5.78 Å². The Bertz CT molecular complexity index is 841. The van der Waals surface area contributed by atoms with Crippen LogP contribution < -0.4 is 9.83 Å². The normalized spacial score (nSPS) is 16.5. The third kappa shape index (κ3) is 2.78. The van der Waals surface area contributed by atoms with Crippen molar-refractivity contribution in [2.75, 3.05) is 6.16 Å². The summed E-state index contributed by atoms with van der Waals surface area (Å²) >= 11 is 0. The molecule has 1 atom stereocenters. The zero-order chi connectivity index (χ0) is 15.6. The molecule has 23 heavy (non-hydrogen) atoms. The average molecular weight is 318 g/mol. The first-order valence-electron chi connectivity index (χ1n) is 7.54. The number of carbonyl (C=O) groups is 1. The number of hydrogen-bond acceptors (Lipinski definition) is 2. The van der Waals surface area contributed by atoms with Crippen molar-refractivity contribution in [1.29, 1.82) is 0 Å². The Hall–Kier alpha value is -2.44. The number of para-hydroxylation sites is 1. The van der Waals surface area contributed by atoms with Crippen molar-refractivity contribution in [2.24, 2.45) is 0 Å². The monoisotopic (exact) mass is 318 g/mol. The first kappa shape index (κ1) is 14.2. The van der Waals surface area contributed by atoms with Gasteiger partial charge in [-0.3, -0.25) is 4.79 Å². The summed E-state index contributed by atoms with van der Waals surface area (Å²) in [5.74, 6) is 0.882. The lowest BCUT2D eigenvalue weighted by Gasteiger charge is -2.24. The highest BCUT2D eigenvalue weighted by molar-refractivity contribution is 7.62. The summed E-state index contributed by atoms with van der Waals surface area (Å²) in [7, 11) is -0.924. The largest absolute Gasteiger partial charge is 0.468 e. The second-order valence-electron chi connectivity index (χ2n) is 5.46. The van der Waals surface area contributed by atoms with Gasteiger partial charge >= 0.3 is 0 Å². The van der Waals surface area contributed by atoms with Gasteiger partial charge in [-0.1, -0.05) is 66.7 Å². The van der Waals surface area contributed by atoms with E-state index in [4.69, 9.17) is 4.52 Å². The van der Waals surface area contributed by atoms with Gasteiger partial charge in [-0.25, -0.2) is 0 Å². The van der Waals surface area contributed by atoms with Crippen molar-refractivity contribution in [3.63, 3.8) is 0 Å². The van der Waals surface area contributed by atoms with Gasteiger partial charge in [0.05, 0.1) is 11.7 Å². The molecule has 0 aromatic heterocycles. The zero-order valence-corrected chi connectivity index (χ0v) is 13.4. The van der Waals surface area contributed by atoms with Crippen LogP contribution in [-0.2, 0) is 0 Å². The molecule has 0 bridgehead atoms. The number of ketones is 1. The zero-order valence-electron chi connectivity index (χ0n) is 12.5. The van der Waals surface area contributed by atoms with Crippen molar-refractivity contribution in [2.45, 2.75) is 0 Å². The Morgan fingerprint density at radius 2 is 1.39 bits per heavy atom. The van der Waals surface area contributed by atoms with Crippen LogP contribution >= 0.6 is 8.15 Å². The summed E-state index contributed by atoms with van der Waals surface area (Å²) in [5.41, 5.74) is 3.07. The van der Waals surface area contributed by atoms with E-state index in [1.54, 1.807) is 0 Å². The van der Waals surface area contributed by atoms with Gasteiger partial charge in [0.2, 0.25) is 0 Å². The van der Waals surface area contributed by atoms with E-state index in [1.807, 2.05) is 42.5 Å². The molecular formula is C20H15O2P. The maximum absolute atomic E-state index is 12.3. The lowest BCUT2D eigenvalue weighted by atomic mass is 10.1. The van der Waals surface area contributed by atoms with Crippen molar-refractivity contribution in [3.8, 4) is 16.9 Å². The van der Waals surface area contributed by atoms with Gasteiger partial charge in [0.1, 0.15) is 13.9 Å². The topological polar surface area (TPSA) is 26.3 Å². The SMILES string of the molecule is O=C1CP(c2ccc(-c3ccccc3)cc2)Oc2ccccc21. The Labute approximate surface area is 136 Å². The number of fused-ring (bicyclic) bond motifs is 1. The van der Waals surface area contributed by atoms with E-state index < -0.39 is 8.15 Å². The van der Waals surface area contributed by atoms with Gasteiger partial charge in [0, 0.05) is 5.30 Å². The van der Waals surface area contributed by atoms with Crippen molar-refractivity contribution < 1.29 is 9.32 Å². The average Bonchev–Trinajstić information content (AvgIpc) is 2.63. The Kier molecular flexibility index (Phi) is 3.69. The molecule has 0 amide bonds. The number of carbonyl (C=O) groups excluding carboxylic acids is 1. The predicted octanol–water partition coefficient (Wildman–Crippen LogP) is 4.65. The summed E-state index contributed by atoms with van der Waals surface area (Å²) in [6.45, 7) is 0. The first-order valence-corrected chi connectivity index (χ1v) is 8.99. The first-order chi connectivity index (χ1) is 11.3. The minimum Gasteiger partial charge on any atom is -0.468 e. The summed E-state index contributed by atoms with van der Waals surface area (Å²) in [6, 6.07) is 26.1. The lowest BCUT2D eigenvalue weighted by molar-refractivity contribution is 0.101. The number of rotatable bonds is 2. The number of Topliss-reactive ketones (excluding diaryl/α,β-unsaturated/α-hetero) is 1. The Morgan fingerprint density at radius 1 is 0.739 bits per heavy atom. The van der Waals surface area contributed by atoms with E-state index in [9.17, 15) is 4.79 Å². The van der Waals surface area contributed by atoms with Crippen LogP contribution in [0.1, 0.15) is 10.4 Å². The van der Waals surface area contributed by atoms with Crippen molar-refractivity contribution >= 4 is 19.2 Å². The van der Waals surface area contributed by atoms with E-state index in [0.717, 1.165) is 5.30 Å². The van der Waals surface area contributed by atoms with E-state index >= 15 is 0 Å². The molecule has 1 heterocycles.